The van der Waals surface area contributed by atoms with Crippen LogP contribution in [0.4, 0.5) is 0 Å². The molecule has 0 bridgehead atoms. The van der Waals surface area contributed by atoms with E-state index in [0.717, 1.165) is 16.5 Å². The van der Waals surface area contributed by atoms with Gasteiger partial charge >= 0.3 is 0 Å². The number of amides is 3. The van der Waals surface area contributed by atoms with E-state index in [9.17, 15) is 24.8 Å². The first-order chi connectivity index (χ1) is 17.1. The Kier molecular flexibility index (Phi) is 10.3. The molecular formula is C27H32N4O5. The van der Waals surface area contributed by atoms with E-state index in [2.05, 4.69) is 5.32 Å². The largest absolute Gasteiger partial charge is 0.508 e. The lowest BCUT2D eigenvalue weighted by atomic mass is 9.95. The number of aromatic hydroxyl groups is 1. The van der Waals surface area contributed by atoms with E-state index >= 15 is 0 Å². The summed E-state index contributed by atoms with van der Waals surface area (Å²) >= 11 is 0. The minimum Gasteiger partial charge on any atom is -0.508 e. The molecule has 1 unspecified atom stereocenters. The van der Waals surface area contributed by atoms with Crippen LogP contribution in [0.5, 0.6) is 5.75 Å². The molecule has 0 heterocycles. The molecule has 2 rings (SSSR count). The summed E-state index contributed by atoms with van der Waals surface area (Å²) < 4.78 is 5.70. The molecule has 2 aromatic rings. The molecule has 2 aromatic carbocycles. The first kappa shape index (κ1) is 28.2. The maximum atomic E-state index is 13.5. The molecule has 3 amide bonds. The van der Waals surface area contributed by atoms with Gasteiger partial charge in [-0.1, -0.05) is 63.2 Å². The molecule has 0 saturated heterocycles. The van der Waals surface area contributed by atoms with Crippen LogP contribution in [-0.4, -0.2) is 53.0 Å². The third-order valence-corrected chi connectivity index (χ3v) is 5.15. The molecule has 0 aliphatic rings. The number of nitrogens with one attached hydrogen (secondary N) is 1. The fourth-order valence-corrected chi connectivity index (χ4v) is 3.05. The lowest BCUT2D eigenvalue weighted by Gasteiger charge is -2.30. The van der Waals surface area contributed by atoms with Gasteiger partial charge in [-0.25, -0.2) is 0 Å². The highest BCUT2D eigenvalue weighted by Crippen LogP contribution is 2.15. The maximum Gasteiger partial charge on any atom is 0.255 e. The van der Waals surface area contributed by atoms with E-state index in [-0.39, 0.29) is 25.5 Å². The molecule has 2 atom stereocenters. The van der Waals surface area contributed by atoms with Crippen molar-refractivity contribution in [3.05, 3.63) is 71.8 Å². The van der Waals surface area contributed by atoms with Gasteiger partial charge in [-0.2, -0.15) is 5.26 Å². The Balaban J connectivity index is 2.30. The van der Waals surface area contributed by atoms with Crippen LogP contribution in [0.1, 0.15) is 31.9 Å². The Morgan fingerprint density at radius 2 is 1.78 bits per heavy atom. The van der Waals surface area contributed by atoms with Crippen LogP contribution in [0.15, 0.2) is 60.7 Å². The van der Waals surface area contributed by atoms with Gasteiger partial charge in [0.1, 0.15) is 17.8 Å². The van der Waals surface area contributed by atoms with Crippen molar-refractivity contribution in [3.63, 3.8) is 0 Å². The Labute approximate surface area is 211 Å². The predicted octanol–water partition coefficient (Wildman–Crippen LogP) is 2.36. The van der Waals surface area contributed by atoms with Gasteiger partial charge in [0.25, 0.3) is 11.8 Å². The number of nitrogens with two attached hydrogens (primary N) is 1. The summed E-state index contributed by atoms with van der Waals surface area (Å²) in [5.41, 5.74) is 6.34. The molecule has 0 aliphatic heterocycles. The number of hydrogen-bond acceptors (Lipinski definition) is 7. The van der Waals surface area contributed by atoms with Crippen LogP contribution in [0.25, 0.3) is 6.08 Å². The van der Waals surface area contributed by atoms with Crippen LogP contribution in [0.2, 0.25) is 0 Å². The van der Waals surface area contributed by atoms with Crippen molar-refractivity contribution < 1.29 is 24.2 Å². The number of imide groups is 1. The smallest absolute Gasteiger partial charge is 0.255 e. The van der Waals surface area contributed by atoms with E-state index < -0.39 is 35.2 Å². The van der Waals surface area contributed by atoms with Crippen LogP contribution < -0.4 is 11.1 Å². The van der Waals surface area contributed by atoms with Crippen molar-refractivity contribution in [2.45, 2.75) is 39.5 Å². The summed E-state index contributed by atoms with van der Waals surface area (Å²) in [6.07, 6.45) is 2.58. The molecule has 0 fully saturated rings. The minimum absolute atomic E-state index is 0.0656. The zero-order valence-corrected chi connectivity index (χ0v) is 20.7. The first-order valence-corrected chi connectivity index (χ1v) is 11.4. The zero-order chi connectivity index (χ0) is 26.7. The maximum absolute atomic E-state index is 13.5. The van der Waals surface area contributed by atoms with Gasteiger partial charge in [0.15, 0.2) is 0 Å². The second-order valence-corrected chi connectivity index (χ2v) is 9.13. The van der Waals surface area contributed by atoms with Crippen molar-refractivity contribution in [1.29, 1.82) is 5.26 Å². The summed E-state index contributed by atoms with van der Waals surface area (Å²) in [5.74, 6) is -1.94. The molecule has 0 aromatic heterocycles. The zero-order valence-electron chi connectivity index (χ0n) is 20.7. The highest BCUT2D eigenvalue weighted by atomic mass is 16.5. The van der Waals surface area contributed by atoms with Gasteiger partial charge in [-0.05, 0) is 29.3 Å². The standard InChI is InChI=1S/C27H32N4O5/c1-27(2,3)26(35)30-23(18-36-17-20-7-5-4-6-8-20)25(34)31(21(15-28)16-29)24(33)14-11-19-9-12-22(32)13-10-19/h4-14,21,23,32H,15,17-18,28H2,1-3H3,(H,30,35)/b14-11+/t21?,23-/m0/s1. The van der Waals surface area contributed by atoms with E-state index in [1.807, 2.05) is 36.4 Å². The molecule has 0 spiro atoms. The number of nitrogens with zero attached hydrogens (tertiary/aromatic N) is 2. The van der Waals surface area contributed by atoms with Crippen LogP contribution in [-0.2, 0) is 25.7 Å². The fraction of sp³-hybridized carbons (Fsp3) is 0.333. The summed E-state index contributed by atoms with van der Waals surface area (Å²) in [6, 6.07) is 14.7. The van der Waals surface area contributed by atoms with Crippen molar-refractivity contribution in [2.24, 2.45) is 11.1 Å². The minimum atomic E-state index is -1.25. The van der Waals surface area contributed by atoms with Crippen molar-refractivity contribution >= 4 is 23.8 Å². The summed E-state index contributed by atoms with van der Waals surface area (Å²) in [7, 11) is 0. The number of phenols is 1. The topological polar surface area (TPSA) is 146 Å². The number of benzene rings is 2. The third kappa shape index (κ3) is 8.34. The summed E-state index contributed by atoms with van der Waals surface area (Å²) in [6.45, 7) is 4.75. The van der Waals surface area contributed by atoms with E-state index in [1.165, 1.54) is 18.2 Å². The average molecular weight is 493 g/mol. The number of ether oxygens (including phenoxy) is 1. The first-order valence-electron chi connectivity index (χ1n) is 11.4. The van der Waals surface area contributed by atoms with Gasteiger partial charge in [0.05, 0.1) is 19.3 Å². The molecule has 9 heteroatoms. The quantitative estimate of drug-likeness (QED) is 0.432. The number of rotatable bonds is 10. The number of carbonyl (C=O) groups excluding carboxylic acids is 3. The van der Waals surface area contributed by atoms with Crippen LogP contribution in [0.3, 0.4) is 0 Å². The Morgan fingerprint density at radius 3 is 2.33 bits per heavy atom. The SMILES string of the molecule is CC(C)(C)C(=O)N[C@@H](COCc1ccccc1)C(=O)N(C(=O)/C=C/c1ccc(O)cc1)C(C#N)CN. The second kappa shape index (κ2) is 13.2. The lowest BCUT2D eigenvalue weighted by Crippen LogP contribution is -2.57. The molecule has 0 radical (unpaired) electrons. The van der Waals surface area contributed by atoms with E-state index in [4.69, 9.17) is 10.5 Å². The van der Waals surface area contributed by atoms with Gasteiger partial charge in [0.2, 0.25) is 5.91 Å². The number of carbonyl (C=O) groups is 3. The van der Waals surface area contributed by atoms with E-state index in [0.29, 0.717) is 5.56 Å². The van der Waals surface area contributed by atoms with Crippen molar-refractivity contribution in [3.8, 4) is 11.8 Å². The lowest BCUT2D eigenvalue weighted by molar-refractivity contribution is -0.148. The number of phenolic OH excluding ortho intramolecular Hbond substituents is 1. The molecule has 0 aliphatic carbocycles. The van der Waals surface area contributed by atoms with Gasteiger partial charge in [-0.15, -0.1) is 0 Å². The monoisotopic (exact) mass is 492 g/mol. The molecule has 190 valence electrons. The van der Waals surface area contributed by atoms with Crippen LogP contribution >= 0.6 is 0 Å². The Bertz CT molecular complexity index is 1100. The molecule has 9 nitrogen and oxygen atoms in total. The van der Waals surface area contributed by atoms with Crippen molar-refractivity contribution in [1.82, 2.24) is 10.2 Å². The fourth-order valence-electron chi connectivity index (χ4n) is 3.05. The van der Waals surface area contributed by atoms with E-state index in [1.54, 1.807) is 32.9 Å². The predicted molar refractivity (Wildman–Crippen MR) is 135 cm³/mol. The average Bonchev–Trinajstić information content (AvgIpc) is 2.85. The van der Waals surface area contributed by atoms with Gasteiger partial charge in [-0.3, -0.25) is 19.3 Å². The highest BCUT2D eigenvalue weighted by Gasteiger charge is 2.36. The second-order valence-electron chi connectivity index (χ2n) is 9.13. The number of hydrogen-bond donors (Lipinski definition) is 3. The normalized spacial score (nSPS) is 13.0. The molecule has 0 saturated carbocycles. The molecule has 4 N–H and O–H groups in total. The van der Waals surface area contributed by atoms with Gasteiger partial charge in [0, 0.05) is 18.0 Å². The molecule has 36 heavy (non-hydrogen) atoms. The van der Waals surface area contributed by atoms with Gasteiger partial charge < -0.3 is 20.9 Å². The molecular weight excluding hydrogens is 460 g/mol. The highest BCUT2D eigenvalue weighted by molar-refractivity contribution is 6.06. The summed E-state index contributed by atoms with van der Waals surface area (Å²) in [5, 5.41) is 21.7. The Hall–Kier alpha value is -4.00. The van der Waals surface area contributed by atoms with Crippen LogP contribution in [0, 0.1) is 16.7 Å². The Morgan fingerprint density at radius 1 is 1.14 bits per heavy atom. The van der Waals surface area contributed by atoms with Crippen molar-refractivity contribution in [2.75, 3.05) is 13.2 Å². The third-order valence-electron chi connectivity index (χ3n) is 5.15. The number of nitriles is 1. The summed E-state index contributed by atoms with van der Waals surface area (Å²) in [4.78, 5) is 40.1.